The van der Waals surface area contributed by atoms with Crippen LogP contribution in [0, 0.1) is 0 Å². The Labute approximate surface area is 109 Å². The molecule has 104 valence electrons. The normalized spacial score (nSPS) is 16.2. The maximum atomic E-state index is 11.9. The van der Waals surface area contributed by atoms with Crippen molar-refractivity contribution in [3.05, 3.63) is 35.4 Å². The van der Waals surface area contributed by atoms with Crippen LogP contribution < -0.4 is 0 Å². The Balaban J connectivity index is 1.91. The third-order valence-corrected chi connectivity index (χ3v) is 3.28. The highest BCUT2D eigenvalue weighted by molar-refractivity contribution is 5.97. The van der Waals surface area contributed by atoms with Crippen molar-refractivity contribution in [2.24, 2.45) is 0 Å². The van der Waals surface area contributed by atoms with Crippen LogP contribution in [0.25, 0.3) is 0 Å². The maximum Gasteiger partial charge on any atom is 0.411 e. The molecule has 5 heteroatoms. The molecule has 1 aromatic rings. The highest BCUT2D eigenvalue weighted by atomic mass is 19.4. The molecule has 1 fully saturated rings. The smallest absolute Gasteiger partial charge is 0.364 e. The van der Waals surface area contributed by atoms with E-state index < -0.39 is 25.2 Å². The molecule has 19 heavy (non-hydrogen) atoms. The molecular formula is C14H15F3O2. The zero-order valence-corrected chi connectivity index (χ0v) is 10.4. The highest BCUT2D eigenvalue weighted by Gasteiger charge is 2.28. The lowest BCUT2D eigenvalue weighted by atomic mass is 9.79. The highest BCUT2D eigenvalue weighted by Crippen LogP contribution is 2.36. The van der Waals surface area contributed by atoms with Gasteiger partial charge in [0.15, 0.2) is 5.78 Å². The Morgan fingerprint density at radius 2 is 2.05 bits per heavy atom. The number of hydrogen-bond donors (Lipinski definition) is 0. The van der Waals surface area contributed by atoms with Gasteiger partial charge in [-0.05, 0) is 30.4 Å². The molecule has 1 saturated carbocycles. The summed E-state index contributed by atoms with van der Waals surface area (Å²) < 4.78 is 40.1. The van der Waals surface area contributed by atoms with Crippen molar-refractivity contribution in [2.45, 2.75) is 31.4 Å². The predicted octanol–water partition coefficient (Wildman–Crippen LogP) is 3.72. The summed E-state index contributed by atoms with van der Waals surface area (Å²) in [6.45, 7) is -1.92. The topological polar surface area (TPSA) is 26.3 Å². The van der Waals surface area contributed by atoms with E-state index in [0.29, 0.717) is 11.5 Å². The minimum Gasteiger partial charge on any atom is -0.364 e. The number of alkyl halides is 3. The van der Waals surface area contributed by atoms with Crippen LogP contribution >= 0.6 is 0 Å². The van der Waals surface area contributed by atoms with Crippen LogP contribution in [0.15, 0.2) is 24.3 Å². The van der Waals surface area contributed by atoms with Crippen molar-refractivity contribution in [3.63, 3.8) is 0 Å². The zero-order valence-electron chi connectivity index (χ0n) is 10.4. The van der Waals surface area contributed by atoms with Crippen LogP contribution in [-0.2, 0) is 4.74 Å². The predicted molar refractivity (Wildman–Crippen MR) is 64.2 cm³/mol. The quantitative estimate of drug-likeness (QED) is 0.764. The Morgan fingerprint density at radius 3 is 2.63 bits per heavy atom. The molecule has 0 unspecified atom stereocenters. The Hall–Kier alpha value is -1.36. The molecule has 0 amide bonds. The summed E-state index contributed by atoms with van der Waals surface area (Å²) in [6, 6.07) is 7.10. The van der Waals surface area contributed by atoms with Gasteiger partial charge < -0.3 is 4.74 Å². The number of hydrogen-bond acceptors (Lipinski definition) is 2. The summed E-state index contributed by atoms with van der Waals surface area (Å²) in [7, 11) is 0. The van der Waals surface area contributed by atoms with Gasteiger partial charge in [0.05, 0.1) is 0 Å². The summed E-state index contributed by atoms with van der Waals surface area (Å²) in [5, 5.41) is 0. The van der Waals surface area contributed by atoms with Gasteiger partial charge in [0.25, 0.3) is 0 Å². The molecule has 0 atom stereocenters. The molecule has 0 aliphatic heterocycles. The van der Waals surface area contributed by atoms with E-state index in [1.807, 2.05) is 6.07 Å². The van der Waals surface area contributed by atoms with Crippen molar-refractivity contribution in [1.29, 1.82) is 0 Å². The number of ether oxygens (including phenoxy) is 1. The van der Waals surface area contributed by atoms with Gasteiger partial charge in [-0.2, -0.15) is 13.2 Å². The Kier molecular flexibility index (Phi) is 4.24. The van der Waals surface area contributed by atoms with Crippen molar-refractivity contribution in [2.75, 3.05) is 13.2 Å². The number of carbonyl (C=O) groups excluding carboxylic acids is 1. The molecule has 0 heterocycles. The average molecular weight is 272 g/mol. The van der Waals surface area contributed by atoms with Gasteiger partial charge in [-0.3, -0.25) is 4.79 Å². The number of benzene rings is 1. The van der Waals surface area contributed by atoms with Crippen LogP contribution in [0.2, 0.25) is 0 Å². The maximum absolute atomic E-state index is 11.9. The first kappa shape index (κ1) is 14.1. The lowest BCUT2D eigenvalue weighted by Crippen LogP contribution is -2.20. The van der Waals surface area contributed by atoms with Crippen molar-refractivity contribution >= 4 is 5.78 Å². The third kappa shape index (κ3) is 4.06. The number of carbonyl (C=O) groups is 1. The second kappa shape index (κ2) is 5.74. The lowest BCUT2D eigenvalue weighted by molar-refractivity contribution is -0.170. The molecule has 0 bridgehead atoms. The Bertz CT molecular complexity index is 450. The van der Waals surface area contributed by atoms with E-state index in [1.54, 1.807) is 18.2 Å². The molecule has 0 spiro atoms. The molecule has 2 rings (SSSR count). The first-order chi connectivity index (χ1) is 8.96. The van der Waals surface area contributed by atoms with Gasteiger partial charge in [-0.15, -0.1) is 0 Å². The van der Waals surface area contributed by atoms with Crippen LogP contribution in [0.1, 0.15) is 41.1 Å². The summed E-state index contributed by atoms with van der Waals surface area (Å²) in [6.07, 6.45) is -0.976. The van der Waals surface area contributed by atoms with Gasteiger partial charge in [0.2, 0.25) is 0 Å². The number of halogens is 3. The first-order valence-electron chi connectivity index (χ1n) is 6.23. The number of ketones is 1. The molecular weight excluding hydrogens is 257 g/mol. The SMILES string of the molecule is O=C(COCC(F)(F)F)c1cccc(C2CCC2)c1. The monoisotopic (exact) mass is 272 g/mol. The molecule has 0 saturated heterocycles. The van der Waals surface area contributed by atoms with E-state index in [2.05, 4.69) is 4.74 Å². The fourth-order valence-corrected chi connectivity index (χ4v) is 2.05. The minimum atomic E-state index is -4.39. The molecule has 2 nitrogen and oxygen atoms in total. The first-order valence-corrected chi connectivity index (χ1v) is 6.23. The minimum absolute atomic E-state index is 0.412. The van der Waals surface area contributed by atoms with E-state index in [1.165, 1.54) is 6.42 Å². The Morgan fingerprint density at radius 1 is 1.32 bits per heavy atom. The van der Waals surface area contributed by atoms with E-state index in [-0.39, 0.29) is 0 Å². The number of rotatable bonds is 5. The van der Waals surface area contributed by atoms with E-state index in [0.717, 1.165) is 18.4 Å². The fraction of sp³-hybridized carbons (Fsp3) is 0.500. The summed E-state index contributed by atoms with van der Waals surface area (Å²) in [5.41, 5.74) is 1.51. The van der Waals surface area contributed by atoms with E-state index in [9.17, 15) is 18.0 Å². The molecule has 0 aromatic heterocycles. The van der Waals surface area contributed by atoms with Gasteiger partial charge in [0, 0.05) is 5.56 Å². The molecule has 1 aliphatic rings. The largest absolute Gasteiger partial charge is 0.411 e. The summed E-state index contributed by atoms with van der Waals surface area (Å²) in [5.74, 6) is 0.0780. The lowest BCUT2D eigenvalue weighted by Gasteiger charge is -2.26. The van der Waals surface area contributed by atoms with Gasteiger partial charge in [-0.1, -0.05) is 24.6 Å². The van der Waals surface area contributed by atoms with Crippen molar-refractivity contribution in [3.8, 4) is 0 Å². The average Bonchev–Trinajstić information content (AvgIpc) is 2.25. The van der Waals surface area contributed by atoms with Crippen LogP contribution in [-0.4, -0.2) is 25.2 Å². The van der Waals surface area contributed by atoms with Crippen LogP contribution in [0.4, 0.5) is 13.2 Å². The number of Topliss-reactive ketones (excluding diaryl/α,β-unsaturated/α-hetero) is 1. The van der Waals surface area contributed by atoms with E-state index >= 15 is 0 Å². The van der Waals surface area contributed by atoms with Gasteiger partial charge >= 0.3 is 6.18 Å². The van der Waals surface area contributed by atoms with Crippen molar-refractivity contribution in [1.82, 2.24) is 0 Å². The van der Waals surface area contributed by atoms with Crippen LogP contribution in [0.3, 0.4) is 0 Å². The van der Waals surface area contributed by atoms with E-state index in [4.69, 9.17) is 0 Å². The molecule has 0 radical (unpaired) electrons. The zero-order chi connectivity index (χ0) is 13.9. The summed E-state index contributed by atoms with van der Waals surface area (Å²) in [4.78, 5) is 11.7. The van der Waals surface area contributed by atoms with Gasteiger partial charge in [0.1, 0.15) is 13.2 Å². The third-order valence-electron chi connectivity index (χ3n) is 3.28. The summed E-state index contributed by atoms with van der Waals surface area (Å²) >= 11 is 0. The second-order valence-corrected chi connectivity index (χ2v) is 4.78. The fourth-order valence-electron chi connectivity index (χ4n) is 2.05. The second-order valence-electron chi connectivity index (χ2n) is 4.78. The van der Waals surface area contributed by atoms with Crippen molar-refractivity contribution < 1.29 is 22.7 Å². The molecule has 0 N–H and O–H groups in total. The molecule has 1 aliphatic carbocycles. The van der Waals surface area contributed by atoms with Crippen LogP contribution in [0.5, 0.6) is 0 Å². The van der Waals surface area contributed by atoms with Gasteiger partial charge in [-0.25, -0.2) is 0 Å². The standard InChI is InChI=1S/C14H15F3O2/c15-14(16,17)9-19-8-13(18)12-6-2-5-11(7-12)10-3-1-4-10/h2,5-7,10H,1,3-4,8-9H2. The molecule has 1 aromatic carbocycles.